The van der Waals surface area contributed by atoms with E-state index in [4.69, 9.17) is 4.74 Å². The van der Waals surface area contributed by atoms with Crippen molar-refractivity contribution in [2.75, 3.05) is 26.2 Å². The lowest BCUT2D eigenvalue weighted by atomic mass is 9.80. The summed E-state index contributed by atoms with van der Waals surface area (Å²) in [5.41, 5.74) is 1.34. The first-order chi connectivity index (χ1) is 19.9. The number of carbonyl (C=O) groups is 3. The molecule has 2 aliphatic rings. The van der Waals surface area contributed by atoms with Crippen LogP contribution in [-0.2, 0) is 16.0 Å². The fraction of sp³-hybridized carbons (Fsp3) is 0.448. The number of amides is 3. The summed E-state index contributed by atoms with van der Waals surface area (Å²) in [6.45, 7) is 3.90. The summed E-state index contributed by atoms with van der Waals surface area (Å²) in [4.78, 5) is 45.8. The molecule has 216 valence electrons. The summed E-state index contributed by atoms with van der Waals surface area (Å²) in [5, 5.41) is 14.2. The third-order valence-corrected chi connectivity index (χ3v) is 7.61. The second-order valence-electron chi connectivity index (χ2n) is 10.5. The predicted molar refractivity (Wildman–Crippen MR) is 147 cm³/mol. The number of carbonyl (C=O) groups excluding carboxylic acids is 3. The number of rotatable bonds is 7. The molecule has 0 aliphatic carbocycles. The monoisotopic (exact) mass is 563 g/mol. The zero-order chi connectivity index (χ0) is 28.8. The van der Waals surface area contributed by atoms with E-state index in [1.165, 1.54) is 16.8 Å². The Bertz CT molecular complexity index is 1380. The van der Waals surface area contributed by atoms with E-state index in [2.05, 4.69) is 25.9 Å². The molecule has 41 heavy (non-hydrogen) atoms. The molecule has 1 aromatic carbocycles. The fourth-order valence-electron chi connectivity index (χ4n) is 5.41. The van der Waals surface area contributed by atoms with Crippen LogP contribution in [-0.4, -0.2) is 74.9 Å². The number of hydrogen-bond donors (Lipinski definition) is 2. The molecule has 11 nitrogen and oxygen atoms in total. The first-order valence-corrected chi connectivity index (χ1v) is 14.0. The van der Waals surface area contributed by atoms with Crippen LogP contribution in [0.1, 0.15) is 48.7 Å². The Hall–Kier alpha value is -4.35. The number of piperidine rings is 1. The number of nitrogens with zero attached hydrogens (tertiary/aromatic N) is 5. The van der Waals surface area contributed by atoms with Crippen molar-refractivity contribution in [3.05, 3.63) is 65.9 Å². The van der Waals surface area contributed by atoms with Gasteiger partial charge in [0.1, 0.15) is 17.4 Å². The number of pyridine rings is 1. The molecule has 3 amide bonds. The van der Waals surface area contributed by atoms with Gasteiger partial charge in [-0.1, -0.05) is 12.1 Å². The highest BCUT2D eigenvalue weighted by Crippen LogP contribution is 2.31. The number of halogens is 1. The highest BCUT2D eigenvalue weighted by Gasteiger charge is 2.36. The predicted octanol–water partition coefficient (Wildman–Crippen LogP) is 2.31. The topological polar surface area (TPSA) is 131 Å². The number of fused-ring (bicyclic) bond motifs is 3. The number of aromatic nitrogens is 4. The van der Waals surface area contributed by atoms with Crippen molar-refractivity contribution in [3.63, 3.8) is 0 Å². The Labute approximate surface area is 237 Å². The minimum Gasteiger partial charge on any atom is -0.477 e. The van der Waals surface area contributed by atoms with Crippen LogP contribution in [0.4, 0.5) is 4.39 Å². The van der Waals surface area contributed by atoms with Crippen LogP contribution in [0.2, 0.25) is 0 Å². The molecule has 3 atom stereocenters. The Balaban J connectivity index is 1.39. The standard InChI is InChI=1S/C29H34FN7O4/c1-2-11-31-26(38)15-19-9-13-36-17-20(19)10-14-41-28-24(4-3-12-32-28)27(39)33-25(29(36)40)16-22-18-37(35-34-22)23-7-5-21(30)6-8-23/h3-8,12,18-20,25H,2,9-11,13-17H2,1H3,(H,31,38)(H,33,39)/t19-,20-,25+/m0/s1. The maximum atomic E-state index is 13.9. The average molecular weight is 564 g/mol. The average Bonchev–Trinajstić information content (AvgIpc) is 3.44. The molecule has 0 radical (unpaired) electrons. The van der Waals surface area contributed by atoms with E-state index >= 15 is 0 Å². The molecule has 3 aromatic rings. The van der Waals surface area contributed by atoms with Crippen molar-refractivity contribution in [1.82, 2.24) is 35.5 Å². The maximum Gasteiger partial charge on any atom is 0.257 e. The third-order valence-electron chi connectivity index (χ3n) is 7.61. The van der Waals surface area contributed by atoms with Gasteiger partial charge in [-0.2, -0.15) is 0 Å². The number of hydrogen-bond acceptors (Lipinski definition) is 7. The summed E-state index contributed by atoms with van der Waals surface area (Å²) in [6, 6.07) is 8.14. The number of ether oxygens (including phenoxy) is 1. The number of nitrogens with one attached hydrogen (secondary N) is 2. The third kappa shape index (κ3) is 6.87. The zero-order valence-corrected chi connectivity index (χ0v) is 23.0. The number of benzene rings is 1. The Morgan fingerprint density at radius 1 is 1.20 bits per heavy atom. The van der Waals surface area contributed by atoms with Gasteiger partial charge in [-0.05, 0) is 67.5 Å². The maximum absolute atomic E-state index is 13.9. The highest BCUT2D eigenvalue weighted by atomic mass is 19.1. The second-order valence-corrected chi connectivity index (χ2v) is 10.5. The SMILES string of the molecule is CCCNC(=O)C[C@@H]1CCN2C[C@@H]1CCOc1ncccc1C(=O)N[C@H](Cc1cn(-c3ccc(F)cc3)nn1)C2=O. The molecular formula is C29H34FN7O4. The largest absolute Gasteiger partial charge is 0.477 e. The van der Waals surface area contributed by atoms with Gasteiger partial charge in [0.05, 0.1) is 24.2 Å². The summed E-state index contributed by atoms with van der Waals surface area (Å²) in [7, 11) is 0. The van der Waals surface area contributed by atoms with Crippen LogP contribution in [0.15, 0.2) is 48.8 Å². The minimum absolute atomic E-state index is 0.0186. The van der Waals surface area contributed by atoms with E-state index in [1.54, 1.807) is 41.6 Å². The molecule has 0 spiro atoms. The Kier molecular flexibility index (Phi) is 8.85. The summed E-state index contributed by atoms with van der Waals surface area (Å²) in [6.07, 6.45) is 5.87. The van der Waals surface area contributed by atoms with E-state index in [0.717, 1.165) is 6.42 Å². The van der Waals surface area contributed by atoms with E-state index in [-0.39, 0.29) is 47.3 Å². The van der Waals surface area contributed by atoms with Crippen molar-refractivity contribution in [2.45, 2.75) is 45.1 Å². The van der Waals surface area contributed by atoms with Crippen LogP contribution in [0, 0.1) is 17.7 Å². The summed E-state index contributed by atoms with van der Waals surface area (Å²) < 4.78 is 20.8. The molecule has 1 fully saturated rings. The van der Waals surface area contributed by atoms with Gasteiger partial charge in [0.15, 0.2) is 0 Å². The molecule has 2 aromatic heterocycles. The lowest BCUT2D eigenvalue weighted by molar-refractivity contribution is -0.136. The lowest BCUT2D eigenvalue weighted by Crippen LogP contribution is -2.54. The molecule has 1 saturated heterocycles. The Morgan fingerprint density at radius 3 is 2.83 bits per heavy atom. The minimum atomic E-state index is -0.918. The van der Waals surface area contributed by atoms with Gasteiger partial charge < -0.3 is 20.3 Å². The van der Waals surface area contributed by atoms with Crippen LogP contribution < -0.4 is 15.4 Å². The molecule has 4 heterocycles. The lowest BCUT2D eigenvalue weighted by Gasteiger charge is -2.40. The molecule has 12 heteroatoms. The van der Waals surface area contributed by atoms with Crippen molar-refractivity contribution in [3.8, 4) is 11.6 Å². The summed E-state index contributed by atoms with van der Waals surface area (Å²) in [5.74, 6) is -0.693. The van der Waals surface area contributed by atoms with Gasteiger partial charge in [0, 0.05) is 38.7 Å². The summed E-state index contributed by atoms with van der Waals surface area (Å²) >= 11 is 0. The van der Waals surface area contributed by atoms with Gasteiger partial charge in [-0.3, -0.25) is 14.4 Å². The van der Waals surface area contributed by atoms with E-state index in [0.29, 0.717) is 56.9 Å². The molecule has 5 rings (SSSR count). The molecule has 2 aliphatic heterocycles. The van der Waals surface area contributed by atoms with Crippen molar-refractivity contribution < 1.29 is 23.5 Å². The van der Waals surface area contributed by atoms with Crippen molar-refractivity contribution in [1.29, 1.82) is 0 Å². The van der Waals surface area contributed by atoms with Gasteiger partial charge in [0.25, 0.3) is 5.91 Å². The molecular weight excluding hydrogens is 529 g/mol. The van der Waals surface area contributed by atoms with Gasteiger partial charge >= 0.3 is 0 Å². The van der Waals surface area contributed by atoms with Gasteiger partial charge in [0.2, 0.25) is 17.7 Å². The van der Waals surface area contributed by atoms with Crippen molar-refractivity contribution in [2.24, 2.45) is 11.8 Å². The van der Waals surface area contributed by atoms with Gasteiger partial charge in [-0.25, -0.2) is 14.1 Å². The highest BCUT2D eigenvalue weighted by molar-refractivity contribution is 5.99. The fourth-order valence-corrected chi connectivity index (χ4v) is 5.41. The van der Waals surface area contributed by atoms with Crippen LogP contribution in [0.25, 0.3) is 5.69 Å². The van der Waals surface area contributed by atoms with Gasteiger partial charge in [-0.15, -0.1) is 5.10 Å². The smallest absolute Gasteiger partial charge is 0.257 e. The van der Waals surface area contributed by atoms with E-state index < -0.39 is 11.9 Å². The first-order valence-electron chi connectivity index (χ1n) is 14.0. The normalized spacial score (nSPS) is 21.1. The Morgan fingerprint density at radius 2 is 2.02 bits per heavy atom. The van der Waals surface area contributed by atoms with Crippen LogP contribution >= 0.6 is 0 Å². The van der Waals surface area contributed by atoms with Crippen LogP contribution in [0.5, 0.6) is 5.88 Å². The zero-order valence-electron chi connectivity index (χ0n) is 23.0. The molecule has 0 unspecified atom stereocenters. The molecule has 2 N–H and O–H groups in total. The van der Waals surface area contributed by atoms with Crippen LogP contribution in [0.3, 0.4) is 0 Å². The quantitative estimate of drug-likeness (QED) is 0.451. The first kappa shape index (κ1) is 28.2. The van der Waals surface area contributed by atoms with Crippen molar-refractivity contribution >= 4 is 17.7 Å². The second kappa shape index (κ2) is 12.9. The molecule has 0 saturated carbocycles. The van der Waals surface area contributed by atoms with E-state index in [1.807, 2.05) is 6.92 Å². The van der Waals surface area contributed by atoms with E-state index in [9.17, 15) is 18.8 Å². The molecule has 2 bridgehead atoms.